The Labute approximate surface area is 366 Å². The molecule has 22 nitrogen and oxygen atoms in total. The number of rotatable bonds is 10. The third kappa shape index (κ3) is 9.01. The zero-order chi connectivity index (χ0) is 45.5. The second-order valence-corrected chi connectivity index (χ2v) is 13.6. The number of phenols is 2. The molecular weight excluding hydrogens is 835 g/mol. The zero-order valence-corrected chi connectivity index (χ0v) is 34.1. The molecule has 0 radical (unpaired) electrons. The van der Waals surface area contributed by atoms with E-state index >= 15 is 0 Å². The fourth-order valence-corrected chi connectivity index (χ4v) is 6.27. The maximum Gasteiger partial charge on any atom is 0.273 e. The van der Waals surface area contributed by atoms with E-state index in [1.165, 1.54) is 30.3 Å². The van der Waals surface area contributed by atoms with Gasteiger partial charge in [0.2, 0.25) is 11.6 Å². The van der Waals surface area contributed by atoms with E-state index in [0.29, 0.717) is 21.8 Å². The number of phenolic OH excluding ortho intramolecular Hbond substituents is 2. The smallest absolute Gasteiger partial charge is 0.273 e. The average molecular weight is 868 g/mol. The van der Waals surface area contributed by atoms with Crippen molar-refractivity contribution in [2.75, 3.05) is 12.4 Å². The molecule has 0 aliphatic carbocycles. The first kappa shape index (κ1) is 42.0. The number of anilines is 1. The number of fused-ring (bicyclic) bond motifs is 2. The lowest BCUT2D eigenvalue weighted by Crippen LogP contribution is -2.18. The Morgan fingerprint density at radius 3 is 1.80 bits per heavy atom. The van der Waals surface area contributed by atoms with Gasteiger partial charge in [-0.3, -0.25) is 14.4 Å². The fraction of sp³-hybridized carbons (Fsp3) is 0.0465. The van der Waals surface area contributed by atoms with Gasteiger partial charge >= 0.3 is 0 Å². The number of carbonyl (C=O) groups excluding carboxylic acids is 3. The number of aromatic nitrogens is 10. The summed E-state index contributed by atoms with van der Waals surface area (Å²) in [5, 5.41) is 61.5. The van der Waals surface area contributed by atoms with Crippen LogP contribution in [0.3, 0.4) is 0 Å². The van der Waals surface area contributed by atoms with Crippen LogP contribution in [0.15, 0.2) is 149 Å². The SMILES string of the molecule is CNC(=O)c1c(O)c(N=Nc2nn(-c3ncccn3)nc2C(N)=O)cc2ccccc12.Cc1ccc(NC(=O)c2c(O)c(N=Nc3cnnn3-c3ncccn3)cc3ccccc23)cc1. The van der Waals surface area contributed by atoms with Gasteiger partial charge in [0, 0.05) is 37.5 Å². The van der Waals surface area contributed by atoms with Gasteiger partial charge in [-0.1, -0.05) is 71.4 Å². The van der Waals surface area contributed by atoms with E-state index in [1.54, 1.807) is 85.2 Å². The lowest BCUT2D eigenvalue weighted by atomic mass is 10.0. The van der Waals surface area contributed by atoms with Gasteiger partial charge in [0.25, 0.3) is 29.6 Å². The first-order valence-electron chi connectivity index (χ1n) is 19.2. The number of primary amides is 1. The fourth-order valence-electron chi connectivity index (χ4n) is 6.27. The van der Waals surface area contributed by atoms with E-state index in [9.17, 15) is 24.6 Å². The third-order valence-electron chi connectivity index (χ3n) is 9.34. The third-order valence-corrected chi connectivity index (χ3v) is 9.34. The summed E-state index contributed by atoms with van der Waals surface area (Å²) in [6.45, 7) is 1.96. The molecule has 0 unspecified atom stereocenters. The minimum Gasteiger partial charge on any atom is -0.505 e. The lowest BCUT2D eigenvalue weighted by molar-refractivity contribution is 0.0959. The van der Waals surface area contributed by atoms with Crippen LogP contribution < -0.4 is 16.4 Å². The highest BCUT2D eigenvalue weighted by molar-refractivity contribution is 6.16. The predicted molar refractivity (Wildman–Crippen MR) is 235 cm³/mol. The van der Waals surface area contributed by atoms with Gasteiger partial charge in [-0.2, -0.15) is 4.68 Å². The highest BCUT2D eigenvalue weighted by Gasteiger charge is 2.22. The molecule has 0 atom stereocenters. The van der Waals surface area contributed by atoms with Gasteiger partial charge in [-0.05, 0) is 64.9 Å². The molecule has 65 heavy (non-hydrogen) atoms. The predicted octanol–water partition coefficient (Wildman–Crippen LogP) is 6.68. The number of aromatic hydroxyl groups is 2. The minimum atomic E-state index is -0.884. The van der Waals surface area contributed by atoms with E-state index in [2.05, 4.69) is 71.5 Å². The first-order valence-corrected chi connectivity index (χ1v) is 19.2. The average Bonchev–Trinajstić information content (AvgIpc) is 4.00. The monoisotopic (exact) mass is 867 g/mol. The van der Waals surface area contributed by atoms with Crippen LogP contribution in [-0.4, -0.2) is 84.9 Å². The second kappa shape index (κ2) is 18.5. The van der Waals surface area contributed by atoms with Crippen molar-refractivity contribution in [3.05, 3.63) is 150 Å². The van der Waals surface area contributed by atoms with Crippen LogP contribution in [0.4, 0.5) is 28.7 Å². The quantitative estimate of drug-likeness (QED) is 0.0897. The maximum atomic E-state index is 13.2. The van der Waals surface area contributed by atoms with Crippen LogP contribution in [0.25, 0.3) is 33.4 Å². The molecule has 0 fully saturated rings. The molecule has 6 N–H and O–H groups in total. The number of azo groups is 2. The van der Waals surface area contributed by atoms with Crippen LogP contribution in [0, 0.1) is 6.92 Å². The van der Waals surface area contributed by atoms with Crippen LogP contribution in [0.1, 0.15) is 36.8 Å². The Hall–Kier alpha value is -9.73. The Bertz CT molecular complexity index is 3280. The van der Waals surface area contributed by atoms with Gasteiger partial charge in [0.15, 0.2) is 17.2 Å². The summed E-state index contributed by atoms with van der Waals surface area (Å²) in [6, 6.07) is 28.1. The molecule has 0 saturated heterocycles. The van der Waals surface area contributed by atoms with E-state index in [0.717, 1.165) is 15.7 Å². The highest BCUT2D eigenvalue weighted by Crippen LogP contribution is 2.39. The van der Waals surface area contributed by atoms with Crippen molar-refractivity contribution >= 4 is 68.0 Å². The number of aryl methyl sites for hydroxylation is 1. The number of amides is 3. The minimum absolute atomic E-state index is 0.00164. The normalized spacial score (nSPS) is 11.2. The Balaban J connectivity index is 0.000000178. The van der Waals surface area contributed by atoms with Crippen LogP contribution in [-0.2, 0) is 0 Å². The van der Waals surface area contributed by atoms with Crippen molar-refractivity contribution < 1.29 is 24.6 Å². The summed E-state index contributed by atoms with van der Waals surface area (Å²) >= 11 is 0. The molecule has 5 aromatic carbocycles. The molecular formula is C43H33N17O5. The number of hydrogen-bond acceptors (Lipinski definition) is 17. The zero-order valence-electron chi connectivity index (χ0n) is 34.1. The molecule has 4 aromatic heterocycles. The van der Waals surface area contributed by atoms with Crippen LogP contribution in [0.5, 0.6) is 11.5 Å². The molecule has 0 spiro atoms. The van der Waals surface area contributed by atoms with Gasteiger partial charge in [0.05, 0.1) is 17.3 Å². The van der Waals surface area contributed by atoms with Crippen molar-refractivity contribution in [3.63, 3.8) is 0 Å². The molecule has 22 heteroatoms. The summed E-state index contributed by atoms with van der Waals surface area (Å²) in [7, 11) is 1.45. The summed E-state index contributed by atoms with van der Waals surface area (Å²) in [4.78, 5) is 54.5. The van der Waals surface area contributed by atoms with E-state index < -0.39 is 17.7 Å². The number of hydrogen-bond donors (Lipinski definition) is 5. The van der Waals surface area contributed by atoms with Crippen molar-refractivity contribution in [2.24, 2.45) is 26.2 Å². The van der Waals surface area contributed by atoms with Crippen molar-refractivity contribution in [1.29, 1.82) is 0 Å². The van der Waals surface area contributed by atoms with Gasteiger partial charge in [-0.25, -0.2) is 19.9 Å². The van der Waals surface area contributed by atoms with E-state index in [1.807, 2.05) is 31.2 Å². The molecule has 3 amide bonds. The Morgan fingerprint density at radius 1 is 0.662 bits per heavy atom. The summed E-state index contributed by atoms with van der Waals surface area (Å²) in [6.07, 6.45) is 7.48. The Morgan fingerprint density at radius 2 is 1.22 bits per heavy atom. The van der Waals surface area contributed by atoms with Gasteiger partial charge in [0.1, 0.15) is 11.4 Å². The molecule has 320 valence electrons. The van der Waals surface area contributed by atoms with Crippen LogP contribution >= 0.6 is 0 Å². The van der Waals surface area contributed by atoms with Crippen molar-refractivity contribution in [2.45, 2.75) is 6.92 Å². The topological polar surface area (TPSA) is 304 Å². The largest absolute Gasteiger partial charge is 0.505 e. The molecule has 0 aliphatic rings. The molecule has 4 heterocycles. The standard InChI is InChI=1S/C24H18N8O2.C19H15N9O3/c1-15-7-9-17(10-8-15)28-23(34)21-18-6-3-2-5-16(18)13-19(22(21)33)29-30-20-14-27-31-32(20)24-25-11-4-12-26-24;1-21-18(31)13-11-6-3-2-5-10(11)9-12(15(13)29)24-25-17-14(16(20)30)26-28(27-17)19-22-7-4-8-23-19/h2-14,33H,1H3,(H,28,34);2-9,29H,1H3,(H2,20,30)(H,21,31). The highest BCUT2D eigenvalue weighted by atomic mass is 16.3. The summed E-state index contributed by atoms with van der Waals surface area (Å²) in [5.41, 5.74) is 7.06. The van der Waals surface area contributed by atoms with Gasteiger partial charge < -0.3 is 26.6 Å². The molecule has 0 bridgehead atoms. The number of nitrogens with zero attached hydrogens (tertiary/aromatic N) is 14. The number of benzene rings is 5. The Kier molecular flexibility index (Phi) is 11.9. The molecule has 0 aliphatic heterocycles. The second-order valence-electron chi connectivity index (χ2n) is 13.6. The number of nitrogens with one attached hydrogen (secondary N) is 2. The summed E-state index contributed by atoms with van der Waals surface area (Å²) < 4.78 is 1.31. The number of nitrogens with two attached hydrogens (primary N) is 1. The van der Waals surface area contributed by atoms with Crippen LogP contribution in [0.2, 0.25) is 0 Å². The van der Waals surface area contributed by atoms with E-state index in [4.69, 9.17) is 5.73 Å². The van der Waals surface area contributed by atoms with Crippen molar-refractivity contribution in [1.82, 2.24) is 55.2 Å². The molecule has 0 saturated carbocycles. The molecule has 9 aromatic rings. The van der Waals surface area contributed by atoms with Crippen molar-refractivity contribution in [3.8, 4) is 23.4 Å². The summed E-state index contributed by atoms with van der Waals surface area (Å²) in [5.74, 6) is -2.07. The maximum absolute atomic E-state index is 13.2. The number of carbonyl (C=O) groups is 3. The lowest BCUT2D eigenvalue weighted by Gasteiger charge is -2.12. The van der Waals surface area contributed by atoms with E-state index in [-0.39, 0.29) is 63.2 Å². The van der Waals surface area contributed by atoms with Gasteiger partial charge in [-0.15, -0.1) is 40.5 Å². The molecule has 9 rings (SSSR count). The first-order chi connectivity index (χ1) is 31.6.